The van der Waals surface area contributed by atoms with Gasteiger partial charge in [-0.15, -0.1) is 0 Å². The Kier molecular flexibility index (Phi) is 5.01. The molecule has 3 atom stereocenters. The molecule has 2 aliphatic rings. The molecule has 3 N–H and O–H groups in total. The summed E-state index contributed by atoms with van der Waals surface area (Å²) in [5.74, 6) is 1.20. The van der Waals surface area contributed by atoms with Crippen molar-refractivity contribution >= 4 is 5.91 Å². The lowest BCUT2D eigenvalue weighted by Gasteiger charge is -2.29. The van der Waals surface area contributed by atoms with E-state index in [1.165, 1.54) is 12.8 Å². The van der Waals surface area contributed by atoms with Gasteiger partial charge in [0.15, 0.2) is 0 Å². The van der Waals surface area contributed by atoms with Crippen LogP contribution in [0.1, 0.15) is 38.5 Å². The van der Waals surface area contributed by atoms with Gasteiger partial charge in [0.2, 0.25) is 5.91 Å². The molecule has 0 aromatic rings. The molecule has 3 unspecified atom stereocenters. The van der Waals surface area contributed by atoms with Crippen LogP contribution in [-0.2, 0) is 4.79 Å². The molecule has 1 amide bonds. The lowest BCUT2D eigenvalue weighted by molar-refractivity contribution is -0.127. The van der Waals surface area contributed by atoms with Crippen LogP contribution in [0.3, 0.4) is 0 Å². The lowest BCUT2D eigenvalue weighted by atomic mass is 9.79. The maximum Gasteiger partial charge on any atom is 0.223 e. The fourth-order valence-corrected chi connectivity index (χ4v) is 3.40. The monoisotopic (exact) mass is 253 g/mol. The first-order valence-electron chi connectivity index (χ1n) is 7.38. The largest absolute Gasteiger partial charge is 0.352 e. The van der Waals surface area contributed by atoms with Crippen LogP contribution in [0, 0.1) is 11.8 Å². The molecule has 1 aliphatic carbocycles. The molecule has 1 aliphatic heterocycles. The Morgan fingerprint density at radius 1 is 1.39 bits per heavy atom. The topological polar surface area (TPSA) is 58.4 Å². The summed E-state index contributed by atoms with van der Waals surface area (Å²) in [6, 6.07) is 0.373. The Hall–Kier alpha value is -0.610. The van der Waals surface area contributed by atoms with Crippen LogP contribution in [0.25, 0.3) is 0 Å². The zero-order valence-corrected chi connectivity index (χ0v) is 11.5. The summed E-state index contributed by atoms with van der Waals surface area (Å²) in [5, 5.41) is 3.23. The molecule has 0 spiro atoms. The van der Waals surface area contributed by atoms with Crippen LogP contribution in [0.2, 0.25) is 0 Å². The van der Waals surface area contributed by atoms with E-state index in [0.29, 0.717) is 12.0 Å². The van der Waals surface area contributed by atoms with E-state index in [0.717, 1.165) is 45.3 Å². The smallest absolute Gasteiger partial charge is 0.223 e. The molecule has 0 aromatic carbocycles. The quantitative estimate of drug-likeness (QED) is 0.784. The van der Waals surface area contributed by atoms with Gasteiger partial charge in [0.05, 0.1) is 0 Å². The summed E-state index contributed by atoms with van der Waals surface area (Å²) in [6.45, 7) is 2.86. The predicted octanol–water partition coefficient (Wildman–Crippen LogP) is 0.962. The van der Waals surface area contributed by atoms with Crippen LogP contribution < -0.4 is 11.1 Å². The number of nitrogens with two attached hydrogens (primary N) is 1. The summed E-state index contributed by atoms with van der Waals surface area (Å²) < 4.78 is 0. The van der Waals surface area contributed by atoms with Crippen LogP contribution in [0.15, 0.2) is 0 Å². The van der Waals surface area contributed by atoms with Gasteiger partial charge in [-0.1, -0.05) is 12.8 Å². The van der Waals surface area contributed by atoms with Crippen LogP contribution in [-0.4, -0.2) is 43.5 Å². The van der Waals surface area contributed by atoms with Crippen molar-refractivity contribution in [2.24, 2.45) is 17.6 Å². The van der Waals surface area contributed by atoms with E-state index in [1.54, 1.807) is 0 Å². The second-order valence-electron chi connectivity index (χ2n) is 6.06. The SMILES string of the molecule is CN1CCC(NC(=O)C2CCCC(CCN)C2)C1. The minimum absolute atomic E-state index is 0.237. The normalized spacial score (nSPS) is 33.6. The molecule has 2 fully saturated rings. The van der Waals surface area contributed by atoms with Crippen molar-refractivity contribution in [3.05, 3.63) is 0 Å². The number of amides is 1. The zero-order valence-electron chi connectivity index (χ0n) is 11.5. The van der Waals surface area contributed by atoms with Crippen molar-refractivity contribution in [3.63, 3.8) is 0 Å². The Bertz CT molecular complexity index is 280. The first-order valence-corrected chi connectivity index (χ1v) is 7.38. The molecule has 4 heteroatoms. The molecule has 0 aromatic heterocycles. The van der Waals surface area contributed by atoms with Crippen molar-refractivity contribution in [2.75, 3.05) is 26.7 Å². The number of hydrogen-bond acceptors (Lipinski definition) is 3. The molecule has 104 valence electrons. The highest BCUT2D eigenvalue weighted by molar-refractivity contribution is 5.79. The summed E-state index contributed by atoms with van der Waals surface area (Å²) >= 11 is 0. The third kappa shape index (κ3) is 3.69. The molecule has 1 heterocycles. The highest BCUT2D eigenvalue weighted by atomic mass is 16.1. The standard InChI is InChI=1S/C14H27N3O/c1-17-8-6-13(10-17)16-14(18)12-4-2-3-11(9-12)5-7-15/h11-13H,2-10,15H2,1H3,(H,16,18). The van der Waals surface area contributed by atoms with Crippen molar-refractivity contribution in [3.8, 4) is 0 Å². The van der Waals surface area contributed by atoms with E-state index in [9.17, 15) is 4.79 Å². The Labute approximate surface area is 110 Å². The second kappa shape index (κ2) is 6.53. The molecule has 0 radical (unpaired) electrons. The molecular weight excluding hydrogens is 226 g/mol. The molecule has 1 saturated carbocycles. The van der Waals surface area contributed by atoms with Gasteiger partial charge in [0.1, 0.15) is 0 Å². The van der Waals surface area contributed by atoms with Gasteiger partial charge in [-0.25, -0.2) is 0 Å². The number of rotatable bonds is 4. The number of carbonyl (C=O) groups excluding carboxylic acids is 1. The van der Waals surface area contributed by atoms with Crippen molar-refractivity contribution in [2.45, 2.75) is 44.6 Å². The van der Waals surface area contributed by atoms with E-state index in [4.69, 9.17) is 5.73 Å². The average molecular weight is 253 g/mol. The number of likely N-dealkylation sites (N-methyl/N-ethyl adjacent to an activating group) is 1. The number of likely N-dealkylation sites (tertiary alicyclic amines) is 1. The summed E-state index contributed by atoms with van der Waals surface area (Å²) in [7, 11) is 2.12. The summed E-state index contributed by atoms with van der Waals surface area (Å²) in [6.07, 6.45) is 6.73. The van der Waals surface area contributed by atoms with E-state index < -0.39 is 0 Å². The van der Waals surface area contributed by atoms with E-state index in [-0.39, 0.29) is 11.8 Å². The molecular formula is C14H27N3O. The van der Waals surface area contributed by atoms with Gasteiger partial charge in [0, 0.05) is 18.5 Å². The minimum atomic E-state index is 0.237. The highest BCUT2D eigenvalue weighted by Crippen LogP contribution is 2.31. The van der Waals surface area contributed by atoms with E-state index >= 15 is 0 Å². The predicted molar refractivity (Wildman–Crippen MR) is 73.2 cm³/mol. The molecule has 18 heavy (non-hydrogen) atoms. The number of nitrogens with zero attached hydrogens (tertiary/aromatic N) is 1. The third-order valence-corrected chi connectivity index (χ3v) is 4.47. The zero-order chi connectivity index (χ0) is 13.0. The van der Waals surface area contributed by atoms with Gasteiger partial charge >= 0.3 is 0 Å². The van der Waals surface area contributed by atoms with Crippen LogP contribution in [0.4, 0.5) is 0 Å². The maximum atomic E-state index is 12.2. The van der Waals surface area contributed by atoms with Gasteiger partial charge < -0.3 is 16.0 Å². The molecule has 2 rings (SSSR count). The molecule has 0 bridgehead atoms. The Balaban J connectivity index is 1.77. The van der Waals surface area contributed by atoms with Crippen LogP contribution >= 0.6 is 0 Å². The van der Waals surface area contributed by atoms with Gasteiger partial charge in [-0.05, 0) is 51.7 Å². The van der Waals surface area contributed by atoms with Crippen molar-refractivity contribution in [1.82, 2.24) is 10.2 Å². The molecule has 1 saturated heterocycles. The van der Waals surface area contributed by atoms with Gasteiger partial charge in [-0.2, -0.15) is 0 Å². The van der Waals surface area contributed by atoms with E-state index in [1.807, 2.05) is 0 Å². The first-order chi connectivity index (χ1) is 8.69. The summed E-state index contributed by atoms with van der Waals surface area (Å²) in [5.41, 5.74) is 5.62. The summed E-state index contributed by atoms with van der Waals surface area (Å²) in [4.78, 5) is 14.5. The Morgan fingerprint density at radius 2 is 2.22 bits per heavy atom. The van der Waals surface area contributed by atoms with E-state index in [2.05, 4.69) is 17.3 Å². The van der Waals surface area contributed by atoms with Crippen molar-refractivity contribution in [1.29, 1.82) is 0 Å². The number of nitrogens with one attached hydrogen (secondary N) is 1. The Morgan fingerprint density at radius 3 is 2.89 bits per heavy atom. The number of hydrogen-bond donors (Lipinski definition) is 2. The number of carbonyl (C=O) groups is 1. The fourth-order valence-electron chi connectivity index (χ4n) is 3.40. The lowest BCUT2D eigenvalue weighted by Crippen LogP contribution is -2.41. The average Bonchev–Trinajstić information content (AvgIpc) is 2.75. The highest BCUT2D eigenvalue weighted by Gasteiger charge is 2.29. The van der Waals surface area contributed by atoms with Crippen LogP contribution in [0.5, 0.6) is 0 Å². The fraction of sp³-hybridized carbons (Fsp3) is 0.929. The minimum Gasteiger partial charge on any atom is -0.352 e. The van der Waals surface area contributed by atoms with Gasteiger partial charge in [0.25, 0.3) is 0 Å². The van der Waals surface area contributed by atoms with Crippen molar-refractivity contribution < 1.29 is 4.79 Å². The molecule has 4 nitrogen and oxygen atoms in total. The second-order valence-corrected chi connectivity index (χ2v) is 6.06. The third-order valence-electron chi connectivity index (χ3n) is 4.47. The maximum absolute atomic E-state index is 12.2. The first kappa shape index (κ1) is 13.8. The van der Waals surface area contributed by atoms with Gasteiger partial charge in [-0.3, -0.25) is 4.79 Å².